The third-order valence-corrected chi connectivity index (χ3v) is 3.78. The first kappa shape index (κ1) is 14.3. The van der Waals surface area contributed by atoms with E-state index in [-0.39, 0.29) is 6.04 Å². The average Bonchev–Trinajstić information content (AvgIpc) is 3.04. The molecule has 2 aromatic heterocycles. The first-order valence-electron chi connectivity index (χ1n) is 6.83. The van der Waals surface area contributed by atoms with Gasteiger partial charge in [0, 0.05) is 22.8 Å². The first-order valence-corrected chi connectivity index (χ1v) is 7.62. The molecule has 5 nitrogen and oxygen atoms in total. The summed E-state index contributed by atoms with van der Waals surface area (Å²) in [5.74, 6) is 2.24. The van der Waals surface area contributed by atoms with Gasteiger partial charge in [0.2, 0.25) is 5.89 Å². The minimum atomic E-state index is 0.125. The Balaban J connectivity index is 1.62. The molecule has 0 amide bonds. The predicted molar refractivity (Wildman–Crippen MR) is 83.1 cm³/mol. The maximum atomic E-state index is 5.86. The molecule has 0 aliphatic carbocycles. The van der Waals surface area contributed by atoms with Gasteiger partial charge in [-0.15, -0.1) is 0 Å². The molecule has 1 unspecified atom stereocenters. The first-order chi connectivity index (χ1) is 10.1. The summed E-state index contributed by atoms with van der Waals surface area (Å²) in [5.41, 5.74) is 0.898. The number of hydrogen-bond acceptors (Lipinski definition) is 5. The Hall–Kier alpha value is -1.66. The summed E-state index contributed by atoms with van der Waals surface area (Å²) in [6.45, 7) is 4.64. The third-order valence-electron chi connectivity index (χ3n) is 3.28. The highest BCUT2D eigenvalue weighted by Gasteiger charge is 2.12. The molecule has 110 valence electrons. The van der Waals surface area contributed by atoms with Gasteiger partial charge in [-0.3, -0.25) is 0 Å². The van der Waals surface area contributed by atoms with E-state index in [9.17, 15) is 0 Å². The fraction of sp³-hybridized carbons (Fsp3) is 0.333. The molecular formula is C15H16BrN3O2. The van der Waals surface area contributed by atoms with E-state index >= 15 is 0 Å². The van der Waals surface area contributed by atoms with Crippen molar-refractivity contribution in [2.45, 2.75) is 26.3 Å². The van der Waals surface area contributed by atoms with Crippen molar-refractivity contribution in [2.24, 2.45) is 0 Å². The Morgan fingerprint density at radius 3 is 2.95 bits per heavy atom. The summed E-state index contributed by atoms with van der Waals surface area (Å²) in [6.07, 6.45) is 0.705. The molecule has 2 heterocycles. The molecule has 3 rings (SSSR count). The fourth-order valence-corrected chi connectivity index (χ4v) is 2.56. The number of rotatable bonds is 5. The number of fused-ring (bicyclic) bond motifs is 1. The lowest BCUT2D eigenvalue weighted by Gasteiger charge is -2.09. The van der Waals surface area contributed by atoms with Crippen molar-refractivity contribution in [1.29, 1.82) is 0 Å². The number of furan rings is 1. The van der Waals surface area contributed by atoms with Crippen molar-refractivity contribution in [3.8, 4) is 0 Å². The number of benzene rings is 1. The van der Waals surface area contributed by atoms with Crippen LogP contribution in [0, 0.1) is 6.92 Å². The van der Waals surface area contributed by atoms with Crippen molar-refractivity contribution in [2.75, 3.05) is 6.54 Å². The Bertz CT molecular complexity index is 750. The Morgan fingerprint density at radius 1 is 1.33 bits per heavy atom. The molecule has 3 aromatic rings. The number of halogens is 1. The maximum absolute atomic E-state index is 5.86. The van der Waals surface area contributed by atoms with Gasteiger partial charge in [0.15, 0.2) is 5.82 Å². The van der Waals surface area contributed by atoms with E-state index in [1.54, 1.807) is 0 Å². The number of nitrogens with zero attached hydrogens (tertiary/aromatic N) is 2. The van der Waals surface area contributed by atoms with Crippen LogP contribution < -0.4 is 5.32 Å². The van der Waals surface area contributed by atoms with Gasteiger partial charge in [-0.05, 0) is 38.1 Å². The molecule has 0 bridgehead atoms. The molecule has 6 heteroatoms. The van der Waals surface area contributed by atoms with Gasteiger partial charge in [-0.2, -0.15) is 4.98 Å². The Kier molecular flexibility index (Phi) is 4.07. The van der Waals surface area contributed by atoms with E-state index in [1.807, 2.05) is 19.1 Å². The average molecular weight is 350 g/mol. The lowest BCUT2D eigenvalue weighted by molar-refractivity contribution is 0.367. The van der Waals surface area contributed by atoms with Crippen molar-refractivity contribution >= 4 is 26.9 Å². The number of aryl methyl sites for hydroxylation is 1. The van der Waals surface area contributed by atoms with Gasteiger partial charge in [-0.1, -0.05) is 21.1 Å². The predicted octanol–water partition coefficient (Wildman–Crippen LogP) is 3.78. The molecule has 1 aromatic carbocycles. The van der Waals surface area contributed by atoms with Crippen LogP contribution in [-0.2, 0) is 6.42 Å². The second-order valence-electron chi connectivity index (χ2n) is 4.99. The van der Waals surface area contributed by atoms with Crippen LogP contribution in [0.5, 0.6) is 0 Å². The zero-order valence-electron chi connectivity index (χ0n) is 11.9. The Morgan fingerprint density at radius 2 is 2.19 bits per heavy atom. The van der Waals surface area contributed by atoms with Crippen molar-refractivity contribution < 1.29 is 8.94 Å². The second kappa shape index (κ2) is 5.99. The minimum Gasteiger partial charge on any atom is -0.459 e. The molecule has 0 aliphatic rings. The quantitative estimate of drug-likeness (QED) is 0.759. The summed E-state index contributed by atoms with van der Waals surface area (Å²) < 4.78 is 12.0. The van der Waals surface area contributed by atoms with Crippen molar-refractivity contribution in [3.63, 3.8) is 0 Å². The van der Waals surface area contributed by atoms with Gasteiger partial charge >= 0.3 is 0 Å². The zero-order valence-corrected chi connectivity index (χ0v) is 13.5. The van der Waals surface area contributed by atoms with Gasteiger partial charge in [0.05, 0.1) is 6.04 Å². The highest BCUT2D eigenvalue weighted by atomic mass is 79.9. The standard InChI is InChI=1S/C15H16BrN3O2/c1-9(17-6-5-15-18-10(2)19-21-15)14-8-11-7-12(16)3-4-13(11)20-14/h3-4,7-9,17H,5-6H2,1-2H3. The van der Waals surface area contributed by atoms with Crippen LogP contribution in [0.25, 0.3) is 11.0 Å². The van der Waals surface area contributed by atoms with E-state index < -0.39 is 0 Å². The van der Waals surface area contributed by atoms with Crippen molar-refractivity contribution in [1.82, 2.24) is 15.5 Å². The largest absolute Gasteiger partial charge is 0.459 e. The van der Waals surface area contributed by atoms with Gasteiger partial charge < -0.3 is 14.3 Å². The zero-order chi connectivity index (χ0) is 14.8. The van der Waals surface area contributed by atoms with Gasteiger partial charge in [0.1, 0.15) is 11.3 Å². The molecule has 0 saturated carbocycles. The molecule has 21 heavy (non-hydrogen) atoms. The normalized spacial score (nSPS) is 12.9. The molecule has 0 radical (unpaired) electrons. The number of hydrogen-bond donors (Lipinski definition) is 1. The van der Waals surface area contributed by atoms with Crippen LogP contribution >= 0.6 is 15.9 Å². The van der Waals surface area contributed by atoms with E-state index in [1.165, 1.54) is 0 Å². The summed E-state index contributed by atoms with van der Waals surface area (Å²) >= 11 is 3.47. The van der Waals surface area contributed by atoms with E-state index in [0.717, 1.165) is 27.7 Å². The van der Waals surface area contributed by atoms with E-state index in [4.69, 9.17) is 8.94 Å². The highest BCUT2D eigenvalue weighted by molar-refractivity contribution is 9.10. The molecule has 1 N–H and O–H groups in total. The third kappa shape index (κ3) is 3.33. The highest BCUT2D eigenvalue weighted by Crippen LogP contribution is 2.26. The maximum Gasteiger partial charge on any atom is 0.227 e. The minimum absolute atomic E-state index is 0.125. The number of aromatic nitrogens is 2. The summed E-state index contributed by atoms with van der Waals surface area (Å²) in [6, 6.07) is 8.19. The summed E-state index contributed by atoms with van der Waals surface area (Å²) in [4.78, 5) is 4.18. The molecule has 1 atom stereocenters. The second-order valence-corrected chi connectivity index (χ2v) is 5.91. The van der Waals surface area contributed by atoms with Crippen LogP contribution in [0.3, 0.4) is 0 Å². The Labute approximate surface area is 130 Å². The molecule has 0 aliphatic heterocycles. The molecule has 0 spiro atoms. The van der Waals surface area contributed by atoms with Gasteiger partial charge in [0.25, 0.3) is 0 Å². The molecular weight excluding hydrogens is 334 g/mol. The molecule has 0 fully saturated rings. The summed E-state index contributed by atoms with van der Waals surface area (Å²) in [7, 11) is 0. The van der Waals surface area contributed by atoms with Crippen LogP contribution in [0.1, 0.15) is 30.4 Å². The van der Waals surface area contributed by atoms with Crippen molar-refractivity contribution in [3.05, 3.63) is 46.2 Å². The monoisotopic (exact) mass is 349 g/mol. The van der Waals surface area contributed by atoms with Crippen LogP contribution in [0.15, 0.2) is 37.7 Å². The SMILES string of the molecule is Cc1noc(CCNC(C)c2cc3cc(Br)ccc3o2)n1. The number of nitrogens with one attached hydrogen (secondary N) is 1. The lowest BCUT2D eigenvalue weighted by Crippen LogP contribution is -2.21. The van der Waals surface area contributed by atoms with Crippen LogP contribution in [-0.4, -0.2) is 16.7 Å². The van der Waals surface area contributed by atoms with Gasteiger partial charge in [-0.25, -0.2) is 0 Å². The smallest absolute Gasteiger partial charge is 0.227 e. The summed E-state index contributed by atoms with van der Waals surface area (Å²) in [5, 5.41) is 8.27. The molecule has 0 saturated heterocycles. The van der Waals surface area contributed by atoms with Crippen LogP contribution in [0.2, 0.25) is 0 Å². The van der Waals surface area contributed by atoms with E-state index in [0.29, 0.717) is 18.1 Å². The fourth-order valence-electron chi connectivity index (χ4n) is 2.19. The lowest BCUT2D eigenvalue weighted by atomic mass is 10.2. The topological polar surface area (TPSA) is 64.1 Å². The van der Waals surface area contributed by atoms with Crippen LogP contribution in [0.4, 0.5) is 0 Å². The van der Waals surface area contributed by atoms with E-state index in [2.05, 4.69) is 50.4 Å².